The summed E-state index contributed by atoms with van der Waals surface area (Å²) < 4.78 is 23.8. The molecule has 1 fully saturated rings. The summed E-state index contributed by atoms with van der Waals surface area (Å²) in [5, 5.41) is 20.6. The minimum Gasteiger partial charge on any atom is -0.508 e. The van der Waals surface area contributed by atoms with Crippen LogP contribution in [0.25, 0.3) is 0 Å². The highest BCUT2D eigenvalue weighted by Crippen LogP contribution is 2.30. The van der Waals surface area contributed by atoms with Crippen LogP contribution in [0.1, 0.15) is 5.56 Å². The van der Waals surface area contributed by atoms with Crippen molar-refractivity contribution in [2.24, 2.45) is 0 Å². The SMILES string of the molecule is O=S1(=O)C[C@@H](N(Cc2ccccc2Cl)c2cccc(O)c2)[C@@H](O)C1. The Morgan fingerprint density at radius 2 is 1.88 bits per heavy atom. The van der Waals surface area contributed by atoms with E-state index in [1.807, 2.05) is 18.2 Å². The van der Waals surface area contributed by atoms with Gasteiger partial charge in [-0.05, 0) is 23.8 Å². The van der Waals surface area contributed by atoms with Gasteiger partial charge in [0.25, 0.3) is 0 Å². The van der Waals surface area contributed by atoms with Crippen LogP contribution < -0.4 is 4.90 Å². The van der Waals surface area contributed by atoms with Crippen LogP contribution in [-0.4, -0.2) is 42.3 Å². The van der Waals surface area contributed by atoms with Gasteiger partial charge in [-0.2, -0.15) is 0 Å². The molecule has 24 heavy (non-hydrogen) atoms. The zero-order valence-electron chi connectivity index (χ0n) is 12.8. The molecular weight excluding hydrogens is 350 g/mol. The first-order valence-corrected chi connectivity index (χ1v) is 9.73. The number of hydrogen-bond acceptors (Lipinski definition) is 5. The van der Waals surface area contributed by atoms with Gasteiger partial charge in [0.15, 0.2) is 9.84 Å². The quantitative estimate of drug-likeness (QED) is 0.866. The molecule has 1 saturated heterocycles. The molecule has 0 radical (unpaired) electrons. The van der Waals surface area contributed by atoms with E-state index in [1.54, 1.807) is 35.2 Å². The van der Waals surface area contributed by atoms with Crippen molar-refractivity contribution in [1.82, 2.24) is 0 Å². The summed E-state index contributed by atoms with van der Waals surface area (Å²) in [5.41, 5.74) is 1.45. The standard InChI is InChI=1S/C17H18ClNO4S/c18-15-7-2-1-4-12(15)9-19(13-5-3-6-14(20)8-13)16-10-24(22,23)11-17(16)21/h1-8,16-17,20-21H,9-11H2/t16-,17+/m1/s1. The van der Waals surface area contributed by atoms with Crippen molar-refractivity contribution in [1.29, 1.82) is 0 Å². The maximum absolute atomic E-state index is 11.9. The lowest BCUT2D eigenvalue weighted by atomic mass is 10.1. The molecule has 3 rings (SSSR count). The van der Waals surface area contributed by atoms with Gasteiger partial charge in [0.05, 0.1) is 23.7 Å². The lowest BCUT2D eigenvalue weighted by molar-refractivity contribution is 0.177. The Bertz CT molecular complexity index is 840. The largest absolute Gasteiger partial charge is 0.508 e. The van der Waals surface area contributed by atoms with Crippen LogP contribution in [0.15, 0.2) is 48.5 Å². The van der Waals surface area contributed by atoms with E-state index in [1.165, 1.54) is 0 Å². The van der Waals surface area contributed by atoms with E-state index in [9.17, 15) is 18.6 Å². The number of sulfone groups is 1. The highest BCUT2D eigenvalue weighted by Gasteiger charge is 2.40. The van der Waals surface area contributed by atoms with Gasteiger partial charge in [-0.1, -0.05) is 35.9 Å². The predicted octanol–water partition coefficient (Wildman–Crippen LogP) is 2.21. The van der Waals surface area contributed by atoms with Gasteiger partial charge in [0.2, 0.25) is 0 Å². The zero-order chi connectivity index (χ0) is 17.3. The third-order valence-corrected chi connectivity index (χ3v) is 6.22. The Morgan fingerprint density at radius 3 is 2.50 bits per heavy atom. The molecule has 5 nitrogen and oxygen atoms in total. The van der Waals surface area contributed by atoms with Gasteiger partial charge < -0.3 is 15.1 Å². The van der Waals surface area contributed by atoms with Gasteiger partial charge in [-0.15, -0.1) is 0 Å². The number of anilines is 1. The second kappa shape index (κ2) is 6.63. The van der Waals surface area contributed by atoms with Crippen molar-refractivity contribution in [3.63, 3.8) is 0 Å². The minimum absolute atomic E-state index is 0.0759. The average Bonchev–Trinajstić information content (AvgIpc) is 2.79. The number of aliphatic hydroxyl groups is 1. The fraction of sp³-hybridized carbons (Fsp3) is 0.294. The van der Waals surface area contributed by atoms with Crippen LogP contribution in [0, 0.1) is 0 Å². The number of hydrogen-bond donors (Lipinski definition) is 2. The van der Waals surface area contributed by atoms with Crippen LogP contribution >= 0.6 is 11.6 Å². The van der Waals surface area contributed by atoms with Crippen molar-refractivity contribution in [3.05, 3.63) is 59.1 Å². The highest BCUT2D eigenvalue weighted by molar-refractivity contribution is 7.91. The van der Waals surface area contributed by atoms with Crippen LogP contribution in [0.2, 0.25) is 5.02 Å². The summed E-state index contributed by atoms with van der Waals surface area (Å²) in [4.78, 5) is 1.79. The highest BCUT2D eigenvalue weighted by atomic mass is 35.5. The van der Waals surface area contributed by atoms with Gasteiger partial charge in [-0.3, -0.25) is 0 Å². The first-order valence-electron chi connectivity index (χ1n) is 7.53. The second-order valence-corrected chi connectivity index (χ2v) is 8.51. The number of nitrogens with zero attached hydrogens (tertiary/aromatic N) is 1. The van der Waals surface area contributed by atoms with Gasteiger partial charge >= 0.3 is 0 Å². The molecule has 0 bridgehead atoms. The number of phenols is 1. The summed E-state index contributed by atoms with van der Waals surface area (Å²) in [6, 6.07) is 13.2. The van der Waals surface area contributed by atoms with Crippen LogP contribution in [0.4, 0.5) is 5.69 Å². The van der Waals surface area contributed by atoms with Crippen molar-refractivity contribution in [2.75, 3.05) is 16.4 Å². The molecule has 1 heterocycles. The molecule has 2 N–H and O–H groups in total. The van der Waals surface area contributed by atoms with Crippen molar-refractivity contribution >= 4 is 27.1 Å². The van der Waals surface area contributed by atoms with E-state index < -0.39 is 22.0 Å². The molecular formula is C17H18ClNO4S. The van der Waals surface area contributed by atoms with Crippen molar-refractivity contribution in [2.45, 2.75) is 18.7 Å². The van der Waals surface area contributed by atoms with E-state index in [-0.39, 0.29) is 17.3 Å². The Balaban J connectivity index is 2.00. The Morgan fingerprint density at radius 1 is 1.12 bits per heavy atom. The zero-order valence-corrected chi connectivity index (χ0v) is 14.4. The smallest absolute Gasteiger partial charge is 0.155 e. The van der Waals surface area contributed by atoms with E-state index in [0.717, 1.165) is 5.56 Å². The molecule has 0 unspecified atom stereocenters. The number of aromatic hydroxyl groups is 1. The molecule has 0 aliphatic carbocycles. The third-order valence-electron chi connectivity index (χ3n) is 4.15. The Labute approximate surface area is 146 Å². The molecule has 128 valence electrons. The van der Waals surface area contributed by atoms with Crippen LogP contribution in [0.3, 0.4) is 0 Å². The molecule has 0 aromatic heterocycles. The van der Waals surface area contributed by atoms with E-state index in [0.29, 0.717) is 17.3 Å². The number of aliphatic hydroxyl groups excluding tert-OH is 1. The summed E-state index contributed by atoms with van der Waals surface area (Å²) in [7, 11) is -3.30. The maximum Gasteiger partial charge on any atom is 0.155 e. The second-order valence-electron chi connectivity index (χ2n) is 5.95. The monoisotopic (exact) mass is 367 g/mol. The normalized spacial score (nSPS) is 22.4. The van der Waals surface area contributed by atoms with E-state index in [4.69, 9.17) is 11.6 Å². The van der Waals surface area contributed by atoms with E-state index in [2.05, 4.69) is 0 Å². The molecule has 2 atom stereocenters. The Kier molecular flexibility index (Phi) is 4.71. The topological polar surface area (TPSA) is 77.8 Å². The number of halogens is 1. The number of benzene rings is 2. The minimum atomic E-state index is -3.30. The summed E-state index contributed by atoms with van der Waals surface area (Å²) >= 11 is 6.23. The molecule has 0 amide bonds. The molecule has 0 spiro atoms. The fourth-order valence-corrected chi connectivity index (χ4v) is 4.99. The average molecular weight is 368 g/mol. The molecule has 7 heteroatoms. The first kappa shape index (κ1) is 17.1. The lowest BCUT2D eigenvalue weighted by Crippen LogP contribution is -2.43. The number of phenolic OH excluding ortho intramolecular Hbond substituents is 1. The van der Waals surface area contributed by atoms with Gasteiger partial charge in [0.1, 0.15) is 5.75 Å². The van der Waals surface area contributed by atoms with Gasteiger partial charge in [0, 0.05) is 23.3 Å². The summed E-state index contributed by atoms with van der Waals surface area (Å²) in [6.45, 7) is 0.334. The predicted molar refractivity (Wildman–Crippen MR) is 94.2 cm³/mol. The van der Waals surface area contributed by atoms with Crippen LogP contribution in [0.5, 0.6) is 5.75 Å². The van der Waals surface area contributed by atoms with E-state index >= 15 is 0 Å². The third kappa shape index (κ3) is 3.66. The van der Waals surface area contributed by atoms with Crippen molar-refractivity contribution < 1.29 is 18.6 Å². The summed E-state index contributed by atoms with van der Waals surface area (Å²) in [6.07, 6.45) is -0.986. The molecule has 2 aromatic rings. The molecule has 2 aromatic carbocycles. The fourth-order valence-electron chi connectivity index (χ4n) is 2.99. The lowest BCUT2D eigenvalue weighted by Gasteiger charge is -2.32. The number of rotatable bonds is 4. The summed E-state index contributed by atoms with van der Waals surface area (Å²) in [5.74, 6) is -0.309. The van der Waals surface area contributed by atoms with Crippen LogP contribution in [-0.2, 0) is 16.4 Å². The molecule has 1 aliphatic rings. The Hall–Kier alpha value is -1.76. The van der Waals surface area contributed by atoms with Crippen molar-refractivity contribution in [3.8, 4) is 5.75 Å². The van der Waals surface area contributed by atoms with Gasteiger partial charge in [-0.25, -0.2) is 8.42 Å². The molecule has 0 saturated carbocycles. The first-order chi connectivity index (χ1) is 11.4. The molecule has 1 aliphatic heterocycles. The maximum atomic E-state index is 11.9.